The molecule has 0 atom stereocenters. The molecule has 0 bridgehead atoms. The van der Waals surface area contributed by atoms with Crippen molar-refractivity contribution in [1.29, 1.82) is 0 Å². The molecule has 1 fully saturated rings. The van der Waals surface area contributed by atoms with Crippen LogP contribution in [0.1, 0.15) is 32.4 Å². The van der Waals surface area contributed by atoms with Crippen molar-refractivity contribution in [2.45, 2.75) is 6.54 Å². The molecule has 0 amide bonds. The van der Waals surface area contributed by atoms with Gasteiger partial charge in [-0.15, -0.1) is 5.10 Å². The normalized spacial score (nSPS) is 14.6. The molecule has 0 aliphatic carbocycles. The molecule has 30 heavy (non-hydrogen) atoms. The number of carbonyl (C=O) groups is 2. The minimum atomic E-state index is -1.23. The maximum Gasteiger partial charge on any atom is 0.375 e. The molecule has 2 heterocycles. The molecule has 0 radical (unpaired) electrons. The van der Waals surface area contributed by atoms with E-state index in [1.807, 2.05) is 6.07 Å². The van der Waals surface area contributed by atoms with Gasteiger partial charge in [-0.1, -0.05) is 41.9 Å². The van der Waals surface area contributed by atoms with Gasteiger partial charge in [-0.25, -0.2) is 14.5 Å². The zero-order chi connectivity index (χ0) is 21.1. The molecule has 1 aliphatic rings. The highest BCUT2D eigenvalue weighted by Gasteiger charge is 2.23. The van der Waals surface area contributed by atoms with Gasteiger partial charge in [0.2, 0.25) is 0 Å². The maximum absolute atomic E-state index is 13.2. The number of rotatable bonds is 6. The fourth-order valence-electron chi connectivity index (χ4n) is 3.31. The highest BCUT2D eigenvalue weighted by atomic mass is 35.5. The van der Waals surface area contributed by atoms with E-state index >= 15 is 0 Å². The van der Waals surface area contributed by atoms with Crippen LogP contribution < -0.4 is 0 Å². The second-order valence-electron chi connectivity index (χ2n) is 6.81. The van der Waals surface area contributed by atoms with Crippen LogP contribution in [0.2, 0.25) is 5.02 Å². The standard InChI is InChI=1S/C21H19ClN4O4/c22-15-6-7-17(16(12-15)19(27)14-4-2-1-3-5-14)26-18(23-20(24-26)21(28)29)13-25-8-10-30-11-9-25/h1-7,12H,8-11,13H2,(H,28,29). The number of carbonyl (C=O) groups excluding carboxylic acids is 1. The monoisotopic (exact) mass is 426 g/mol. The van der Waals surface area contributed by atoms with Gasteiger partial charge in [-0.05, 0) is 18.2 Å². The van der Waals surface area contributed by atoms with Gasteiger partial charge in [-0.3, -0.25) is 9.69 Å². The molecule has 0 saturated carbocycles. The summed E-state index contributed by atoms with van der Waals surface area (Å²) in [6.07, 6.45) is 0. The summed E-state index contributed by atoms with van der Waals surface area (Å²) in [7, 11) is 0. The first-order valence-electron chi connectivity index (χ1n) is 9.42. The van der Waals surface area contributed by atoms with Crippen LogP contribution >= 0.6 is 11.6 Å². The summed E-state index contributed by atoms with van der Waals surface area (Å²) >= 11 is 6.17. The van der Waals surface area contributed by atoms with E-state index in [4.69, 9.17) is 16.3 Å². The molecule has 1 aliphatic heterocycles. The molecule has 1 aromatic heterocycles. The van der Waals surface area contributed by atoms with Crippen molar-refractivity contribution < 1.29 is 19.4 Å². The molecular formula is C21H19ClN4O4. The minimum absolute atomic E-state index is 0.238. The van der Waals surface area contributed by atoms with Gasteiger partial charge in [0.1, 0.15) is 5.82 Å². The lowest BCUT2D eigenvalue weighted by molar-refractivity contribution is 0.0327. The number of carboxylic acids is 1. The third-order valence-electron chi connectivity index (χ3n) is 4.80. The summed E-state index contributed by atoms with van der Waals surface area (Å²) in [5, 5.41) is 14.0. The second kappa shape index (κ2) is 8.74. The average Bonchev–Trinajstić information content (AvgIpc) is 3.18. The molecule has 4 rings (SSSR count). The minimum Gasteiger partial charge on any atom is -0.475 e. The van der Waals surface area contributed by atoms with Crippen molar-refractivity contribution in [3.8, 4) is 5.69 Å². The van der Waals surface area contributed by atoms with Crippen molar-refractivity contribution in [3.05, 3.63) is 76.3 Å². The van der Waals surface area contributed by atoms with Crippen LogP contribution in [0.3, 0.4) is 0 Å². The Morgan fingerprint density at radius 3 is 2.53 bits per heavy atom. The summed E-state index contributed by atoms with van der Waals surface area (Å²) in [5.41, 5.74) is 1.24. The topological polar surface area (TPSA) is 97.5 Å². The third kappa shape index (κ3) is 4.25. The Kier molecular flexibility index (Phi) is 5.89. The highest BCUT2D eigenvalue weighted by Crippen LogP contribution is 2.24. The van der Waals surface area contributed by atoms with Crippen LogP contribution in [-0.2, 0) is 11.3 Å². The molecule has 9 heteroatoms. The Bertz CT molecular complexity index is 1080. The van der Waals surface area contributed by atoms with Crippen molar-refractivity contribution in [1.82, 2.24) is 19.7 Å². The lowest BCUT2D eigenvalue weighted by atomic mass is 10.0. The predicted octanol–water partition coefficient (Wildman–Crippen LogP) is 2.68. The zero-order valence-electron chi connectivity index (χ0n) is 16.0. The van der Waals surface area contributed by atoms with Gasteiger partial charge in [0, 0.05) is 29.2 Å². The van der Waals surface area contributed by atoms with E-state index in [0.717, 1.165) is 0 Å². The quantitative estimate of drug-likeness (QED) is 0.605. The summed E-state index contributed by atoms with van der Waals surface area (Å²) in [5.74, 6) is -1.37. The van der Waals surface area contributed by atoms with Crippen molar-refractivity contribution in [3.63, 3.8) is 0 Å². The van der Waals surface area contributed by atoms with Crippen LogP contribution in [0.5, 0.6) is 0 Å². The van der Waals surface area contributed by atoms with Crippen LogP contribution in [-0.4, -0.2) is 62.8 Å². The Morgan fingerprint density at radius 1 is 1.10 bits per heavy atom. The summed E-state index contributed by atoms with van der Waals surface area (Å²) in [4.78, 5) is 31.0. The Hall–Kier alpha value is -3.07. The molecule has 1 saturated heterocycles. The number of benzene rings is 2. The summed E-state index contributed by atoms with van der Waals surface area (Å²) in [6.45, 7) is 2.97. The number of morpholine rings is 1. The molecule has 3 aromatic rings. The number of ether oxygens (including phenoxy) is 1. The van der Waals surface area contributed by atoms with E-state index in [0.29, 0.717) is 60.5 Å². The molecular weight excluding hydrogens is 408 g/mol. The van der Waals surface area contributed by atoms with E-state index in [9.17, 15) is 14.7 Å². The number of ketones is 1. The number of nitrogens with zero attached hydrogens (tertiary/aromatic N) is 4. The maximum atomic E-state index is 13.2. The van der Waals surface area contributed by atoms with Gasteiger partial charge in [0.15, 0.2) is 5.78 Å². The Labute approximate surface area is 177 Å². The third-order valence-corrected chi connectivity index (χ3v) is 5.04. The first-order chi connectivity index (χ1) is 14.5. The van der Waals surface area contributed by atoms with Crippen LogP contribution in [0, 0.1) is 0 Å². The average molecular weight is 427 g/mol. The van der Waals surface area contributed by atoms with Crippen LogP contribution in [0.15, 0.2) is 48.5 Å². The lowest BCUT2D eigenvalue weighted by Gasteiger charge is -2.26. The van der Waals surface area contributed by atoms with Crippen molar-refractivity contribution in [2.24, 2.45) is 0 Å². The van der Waals surface area contributed by atoms with Gasteiger partial charge in [0.25, 0.3) is 5.82 Å². The fraction of sp³-hybridized carbons (Fsp3) is 0.238. The number of hydrogen-bond donors (Lipinski definition) is 1. The summed E-state index contributed by atoms with van der Waals surface area (Å²) < 4.78 is 6.79. The molecule has 0 spiro atoms. The van der Waals surface area contributed by atoms with E-state index in [-0.39, 0.29) is 11.6 Å². The second-order valence-corrected chi connectivity index (χ2v) is 7.25. The molecule has 8 nitrogen and oxygen atoms in total. The molecule has 154 valence electrons. The number of hydrogen-bond acceptors (Lipinski definition) is 6. The lowest BCUT2D eigenvalue weighted by Crippen LogP contribution is -2.36. The van der Waals surface area contributed by atoms with E-state index in [2.05, 4.69) is 15.0 Å². The smallest absolute Gasteiger partial charge is 0.375 e. The van der Waals surface area contributed by atoms with E-state index in [1.165, 1.54) is 4.68 Å². The van der Waals surface area contributed by atoms with Gasteiger partial charge in [-0.2, -0.15) is 0 Å². The molecule has 0 unspecified atom stereocenters. The van der Waals surface area contributed by atoms with E-state index < -0.39 is 5.97 Å². The highest BCUT2D eigenvalue weighted by molar-refractivity contribution is 6.31. The summed E-state index contributed by atoms with van der Waals surface area (Å²) in [6, 6.07) is 13.7. The van der Waals surface area contributed by atoms with Crippen molar-refractivity contribution in [2.75, 3.05) is 26.3 Å². The molecule has 2 aromatic carbocycles. The van der Waals surface area contributed by atoms with Gasteiger partial charge in [0.05, 0.1) is 25.4 Å². The first-order valence-corrected chi connectivity index (χ1v) is 9.80. The zero-order valence-corrected chi connectivity index (χ0v) is 16.7. The number of halogens is 1. The first kappa shape index (κ1) is 20.2. The number of aromatic nitrogens is 3. The van der Waals surface area contributed by atoms with Gasteiger partial charge < -0.3 is 9.84 Å². The largest absolute Gasteiger partial charge is 0.475 e. The SMILES string of the molecule is O=C(O)c1nc(CN2CCOCC2)n(-c2ccc(Cl)cc2C(=O)c2ccccc2)n1. The number of aromatic carboxylic acids is 1. The Morgan fingerprint density at radius 2 is 1.83 bits per heavy atom. The number of carboxylic acid groups (broad SMARTS) is 1. The Balaban J connectivity index is 1.79. The van der Waals surface area contributed by atoms with E-state index in [1.54, 1.807) is 42.5 Å². The molecule has 1 N–H and O–H groups in total. The van der Waals surface area contributed by atoms with Crippen molar-refractivity contribution >= 4 is 23.4 Å². The van der Waals surface area contributed by atoms with Gasteiger partial charge >= 0.3 is 5.97 Å². The van der Waals surface area contributed by atoms with Crippen LogP contribution in [0.4, 0.5) is 0 Å². The predicted molar refractivity (Wildman–Crippen MR) is 109 cm³/mol. The van der Waals surface area contributed by atoms with Crippen LogP contribution in [0.25, 0.3) is 5.69 Å². The fourth-order valence-corrected chi connectivity index (χ4v) is 3.48.